The summed E-state index contributed by atoms with van der Waals surface area (Å²) in [6.45, 7) is 1.57. The topological polar surface area (TPSA) is 102 Å². The minimum atomic E-state index is -3.90. The van der Waals surface area contributed by atoms with Gasteiger partial charge in [-0.2, -0.15) is 8.61 Å². The number of methoxy groups -OCH3 is 2. The molecule has 174 valence electrons. The molecule has 1 saturated heterocycles. The molecule has 0 aromatic heterocycles. The minimum Gasteiger partial charge on any atom is -0.493 e. The Labute approximate surface area is 188 Å². The zero-order valence-corrected chi connectivity index (χ0v) is 19.6. The predicted molar refractivity (Wildman–Crippen MR) is 117 cm³/mol. The largest absolute Gasteiger partial charge is 0.493 e. The molecule has 0 radical (unpaired) electrons. The molecule has 0 N–H and O–H groups in total. The lowest BCUT2D eigenvalue weighted by Gasteiger charge is -2.29. The third-order valence-electron chi connectivity index (χ3n) is 5.73. The van der Waals surface area contributed by atoms with Crippen molar-refractivity contribution in [1.29, 1.82) is 0 Å². The summed E-state index contributed by atoms with van der Waals surface area (Å²) >= 11 is 0. The summed E-state index contributed by atoms with van der Waals surface area (Å²) in [5, 5.41) is 0. The Hall–Kier alpha value is -2.18. The molecule has 0 spiro atoms. The van der Waals surface area contributed by atoms with Gasteiger partial charge in [0.2, 0.25) is 20.0 Å². The molecule has 2 heterocycles. The predicted octanol–water partition coefficient (Wildman–Crippen LogP) is 1.47. The molecular weight excluding hydrogens is 456 g/mol. The lowest BCUT2D eigenvalue weighted by molar-refractivity contribution is 0.0730. The summed E-state index contributed by atoms with van der Waals surface area (Å²) in [5.74, 6) is 1.13. The molecule has 0 bridgehead atoms. The van der Waals surface area contributed by atoms with Gasteiger partial charge in [0.1, 0.15) is 0 Å². The molecular formula is C21H26N2O7S2. The molecule has 32 heavy (non-hydrogen) atoms. The fourth-order valence-corrected chi connectivity index (χ4v) is 6.94. The Morgan fingerprint density at radius 1 is 0.781 bits per heavy atom. The van der Waals surface area contributed by atoms with Crippen LogP contribution in [-0.2, 0) is 37.7 Å². The van der Waals surface area contributed by atoms with E-state index in [0.29, 0.717) is 31.1 Å². The van der Waals surface area contributed by atoms with E-state index in [4.69, 9.17) is 14.2 Å². The fourth-order valence-electron chi connectivity index (χ4n) is 3.94. The van der Waals surface area contributed by atoms with E-state index in [2.05, 4.69) is 0 Å². The van der Waals surface area contributed by atoms with E-state index in [0.717, 1.165) is 11.1 Å². The van der Waals surface area contributed by atoms with Crippen molar-refractivity contribution in [2.75, 3.05) is 47.1 Å². The minimum absolute atomic E-state index is 0.0377. The third-order valence-corrected chi connectivity index (χ3v) is 9.47. The van der Waals surface area contributed by atoms with Crippen molar-refractivity contribution < 1.29 is 31.0 Å². The molecule has 2 aliphatic heterocycles. The van der Waals surface area contributed by atoms with Crippen molar-refractivity contribution in [1.82, 2.24) is 8.61 Å². The van der Waals surface area contributed by atoms with Crippen molar-refractivity contribution in [2.24, 2.45) is 0 Å². The zero-order chi connectivity index (χ0) is 22.9. The lowest BCUT2D eigenvalue weighted by Crippen LogP contribution is -2.40. The Kier molecular flexibility index (Phi) is 6.46. The molecule has 2 aliphatic rings. The average molecular weight is 483 g/mol. The summed E-state index contributed by atoms with van der Waals surface area (Å²) in [6.07, 6.45) is 0.515. The monoisotopic (exact) mass is 482 g/mol. The summed E-state index contributed by atoms with van der Waals surface area (Å²) in [7, 11) is -4.61. The number of ether oxygens (including phenoxy) is 3. The molecule has 1 fully saturated rings. The van der Waals surface area contributed by atoms with E-state index >= 15 is 0 Å². The zero-order valence-electron chi connectivity index (χ0n) is 18.0. The first kappa shape index (κ1) is 23.0. The number of fused-ring (bicyclic) bond motifs is 1. The van der Waals surface area contributed by atoms with Crippen molar-refractivity contribution >= 4 is 20.0 Å². The number of rotatable bonds is 6. The molecule has 0 aliphatic carbocycles. The number of benzene rings is 2. The van der Waals surface area contributed by atoms with Gasteiger partial charge in [-0.1, -0.05) is 6.07 Å². The van der Waals surface area contributed by atoms with Gasteiger partial charge in [0.15, 0.2) is 11.5 Å². The van der Waals surface area contributed by atoms with Gasteiger partial charge >= 0.3 is 0 Å². The summed E-state index contributed by atoms with van der Waals surface area (Å²) in [6, 6.07) is 9.21. The van der Waals surface area contributed by atoms with E-state index in [1.165, 1.54) is 40.0 Å². The van der Waals surface area contributed by atoms with E-state index in [1.807, 2.05) is 6.07 Å². The van der Waals surface area contributed by atoms with Crippen LogP contribution in [0.1, 0.15) is 11.1 Å². The molecule has 0 saturated carbocycles. The normalized spacial score (nSPS) is 18.2. The van der Waals surface area contributed by atoms with Gasteiger partial charge in [0.05, 0.1) is 37.2 Å². The first-order valence-corrected chi connectivity index (χ1v) is 13.1. The van der Waals surface area contributed by atoms with Crippen LogP contribution >= 0.6 is 0 Å². The molecule has 9 nitrogen and oxygen atoms in total. The van der Waals surface area contributed by atoms with Gasteiger partial charge in [0, 0.05) is 26.2 Å². The van der Waals surface area contributed by atoms with Gasteiger partial charge < -0.3 is 14.2 Å². The van der Waals surface area contributed by atoms with Crippen molar-refractivity contribution in [3.8, 4) is 11.5 Å². The highest BCUT2D eigenvalue weighted by atomic mass is 32.2. The lowest BCUT2D eigenvalue weighted by atomic mass is 10.0. The van der Waals surface area contributed by atoms with Gasteiger partial charge in [-0.05, 0) is 47.9 Å². The van der Waals surface area contributed by atoms with Gasteiger partial charge in [0.25, 0.3) is 0 Å². The van der Waals surface area contributed by atoms with Crippen LogP contribution < -0.4 is 9.47 Å². The Morgan fingerprint density at radius 3 is 1.94 bits per heavy atom. The number of hydrogen-bond donors (Lipinski definition) is 0. The number of nitrogens with zero attached hydrogens (tertiary/aromatic N) is 2. The second-order valence-corrected chi connectivity index (χ2v) is 11.4. The first-order chi connectivity index (χ1) is 15.3. The van der Waals surface area contributed by atoms with Crippen molar-refractivity contribution in [3.63, 3.8) is 0 Å². The molecule has 2 aromatic carbocycles. The van der Waals surface area contributed by atoms with Crippen LogP contribution in [-0.4, -0.2) is 72.5 Å². The molecule has 0 atom stereocenters. The maximum absolute atomic E-state index is 13.4. The SMILES string of the molecule is COc1cc2c(cc1OC)CN(S(=O)(=O)c1cccc(S(=O)(=O)N3CCOCC3)c1)CC2. The molecule has 0 unspecified atom stereocenters. The van der Waals surface area contributed by atoms with Gasteiger partial charge in [-0.3, -0.25) is 0 Å². The van der Waals surface area contributed by atoms with E-state index < -0.39 is 20.0 Å². The summed E-state index contributed by atoms with van der Waals surface area (Å²) in [4.78, 5) is -0.0833. The van der Waals surface area contributed by atoms with Crippen molar-refractivity contribution in [3.05, 3.63) is 47.5 Å². The average Bonchev–Trinajstić information content (AvgIpc) is 2.83. The second kappa shape index (κ2) is 8.99. The van der Waals surface area contributed by atoms with Crippen LogP contribution in [0.4, 0.5) is 0 Å². The second-order valence-electron chi connectivity index (χ2n) is 7.56. The van der Waals surface area contributed by atoms with Gasteiger partial charge in [-0.25, -0.2) is 16.8 Å². The standard InChI is InChI=1S/C21H26N2O7S2/c1-28-20-12-16-6-7-23(15-17(16)13-21(20)29-2)32(26,27)19-5-3-4-18(14-19)31(24,25)22-8-10-30-11-9-22/h3-5,12-14H,6-11,15H2,1-2H3. The van der Waals surface area contributed by atoms with E-state index in [1.54, 1.807) is 13.2 Å². The van der Waals surface area contributed by atoms with Crippen LogP contribution in [0.2, 0.25) is 0 Å². The van der Waals surface area contributed by atoms with Gasteiger partial charge in [-0.15, -0.1) is 0 Å². The van der Waals surface area contributed by atoms with Crippen molar-refractivity contribution in [2.45, 2.75) is 22.8 Å². The Balaban J connectivity index is 1.63. The molecule has 11 heteroatoms. The maximum atomic E-state index is 13.4. The summed E-state index contributed by atoms with van der Waals surface area (Å²) in [5.41, 5.74) is 1.83. The van der Waals surface area contributed by atoms with Crippen LogP contribution in [0.25, 0.3) is 0 Å². The molecule has 4 rings (SSSR count). The van der Waals surface area contributed by atoms with Crippen LogP contribution in [0.5, 0.6) is 11.5 Å². The number of hydrogen-bond acceptors (Lipinski definition) is 7. The Bertz CT molecular complexity index is 1210. The van der Waals surface area contributed by atoms with Crippen LogP contribution in [0, 0.1) is 0 Å². The highest BCUT2D eigenvalue weighted by Gasteiger charge is 2.32. The highest BCUT2D eigenvalue weighted by molar-refractivity contribution is 7.90. The van der Waals surface area contributed by atoms with Crippen LogP contribution in [0.3, 0.4) is 0 Å². The summed E-state index contributed by atoms with van der Waals surface area (Å²) < 4.78 is 71.3. The Morgan fingerprint density at radius 2 is 1.34 bits per heavy atom. The fraction of sp³-hybridized carbons (Fsp3) is 0.429. The highest BCUT2D eigenvalue weighted by Crippen LogP contribution is 2.35. The first-order valence-electron chi connectivity index (χ1n) is 10.2. The van der Waals surface area contributed by atoms with Crippen LogP contribution in [0.15, 0.2) is 46.2 Å². The molecule has 2 aromatic rings. The van der Waals surface area contributed by atoms with E-state index in [9.17, 15) is 16.8 Å². The number of sulfonamides is 2. The molecule has 0 amide bonds. The smallest absolute Gasteiger partial charge is 0.243 e. The number of morpholine rings is 1. The van der Waals surface area contributed by atoms with E-state index in [-0.39, 0.29) is 36.0 Å². The maximum Gasteiger partial charge on any atom is 0.243 e. The third kappa shape index (κ3) is 4.23. The quantitative estimate of drug-likeness (QED) is 0.614.